The van der Waals surface area contributed by atoms with Gasteiger partial charge in [0.05, 0.1) is 29.1 Å². The molecule has 13 heteroatoms. The largest absolute Gasteiger partial charge is 0.478 e. The summed E-state index contributed by atoms with van der Waals surface area (Å²) in [7, 11) is 0.538. The van der Waals surface area contributed by atoms with Crippen molar-refractivity contribution in [3.63, 3.8) is 0 Å². The van der Waals surface area contributed by atoms with E-state index in [0.717, 1.165) is 57.1 Å². The Kier molecular flexibility index (Phi) is 11.6. The van der Waals surface area contributed by atoms with Gasteiger partial charge in [0.1, 0.15) is 0 Å². The van der Waals surface area contributed by atoms with Crippen LogP contribution in [0, 0.1) is 0 Å². The molecule has 2 aromatic carbocycles. The summed E-state index contributed by atoms with van der Waals surface area (Å²) in [6, 6.07) is 12.1. The van der Waals surface area contributed by atoms with Gasteiger partial charge in [-0.15, -0.1) is 0 Å². The number of carbonyl (C=O) groups excluding carboxylic acids is 2. The predicted octanol–water partition coefficient (Wildman–Crippen LogP) is 8.20. The second-order valence-electron chi connectivity index (χ2n) is 14.2. The van der Waals surface area contributed by atoms with Crippen molar-refractivity contribution in [3.8, 4) is 17.0 Å². The van der Waals surface area contributed by atoms with Gasteiger partial charge in [0.15, 0.2) is 0 Å². The molecule has 0 unspecified atom stereocenters. The van der Waals surface area contributed by atoms with E-state index >= 15 is 0 Å². The molecular weight excluding hydrogens is 671 g/mol. The summed E-state index contributed by atoms with van der Waals surface area (Å²) >= 11 is 6.65. The van der Waals surface area contributed by atoms with E-state index in [2.05, 4.69) is 45.1 Å². The fourth-order valence-electron chi connectivity index (χ4n) is 6.11. The molecule has 5 rings (SSSR count). The summed E-state index contributed by atoms with van der Waals surface area (Å²) in [4.78, 5) is 35.2. The van der Waals surface area contributed by atoms with Crippen LogP contribution >= 0.6 is 11.6 Å². The zero-order chi connectivity index (χ0) is 35.3. The number of alkyl halides is 3. The van der Waals surface area contributed by atoms with Crippen molar-refractivity contribution < 1.29 is 27.5 Å². The summed E-state index contributed by atoms with van der Waals surface area (Å²) in [5, 5.41) is 6.28. The van der Waals surface area contributed by atoms with Crippen molar-refractivity contribution in [2.45, 2.75) is 70.0 Å². The molecule has 0 spiro atoms. The monoisotopic (exact) mass is 715 g/mol. The van der Waals surface area contributed by atoms with Gasteiger partial charge in [0.2, 0.25) is 5.88 Å². The molecule has 2 fully saturated rings. The Balaban J connectivity index is 1.46. The summed E-state index contributed by atoms with van der Waals surface area (Å²) in [6.45, 7) is 9.56. The smallest absolute Gasteiger partial charge is 0.417 e. The fraction of sp³-hybridized carbons (Fsp3) is 0.472. The molecule has 264 valence electrons. The minimum absolute atomic E-state index is 0.131. The summed E-state index contributed by atoms with van der Waals surface area (Å²) in [5.41, 5.74) is 0.872. The molecule has 1 aliphatic heterocycles. The van der Waals surface area contributed by atoms with E-state index in [1.54, 1.807) is 24.3 Å². The van der Waals surface area contributed by atoms with Gasteiger partial charge in [-0.2, -0.15) is 13.2 Å². The first kappa shape index (κ1) is 36.7. The van der Waals surface area contributed by atoms with Crippen LogP contribution in [0.5, 0.6) is 5.88 Å². The maximum absolute atomic E-state index is 14.3. The third-order valence-corrected chi connectivity index (χ3v) is 11.1. The summed E-state index contributed by atoms with van der Waals surface area (Å²) in [6.07, 6.45) is 1.34. The van der Waals surface area contributed by atoms with E-state index < -0.39 is 31.3 Å². The predicted molar refractivity (Wildman–Crippen MR) is 192 cm³/mol. The van der Waals surface area contributed by atoms with Crippen LogP contribution in [0.2, 0.25) is 30.7 Å². The molecule has 2 amide bonds. The second-order valence-corrected chi connectivity index (χ2v) is 20.2. The van der Waals surface area contributed by atoms with Gasteiger partial charge < -0.3 is 25.2 Å². The van der Waals surface area contributed by atoms with Gasteiger partial charge in [0.25, 0.3) is 11.8 Å². The first-order chi connectivity index (χ1) is 23.2. The van der Waals surface area contributed by atoms with Crippen LogP contribution in [-0.4, -0.2) is 75.6 Å². The van der Waals surface area contributed by atoms with Crippen molar-refractivity contribution in [3.05, 3.63) is 70.4 Å². The zero-order valence-electron chi connectivity index (χ0n) is 28.6. The highest BCUT2D eigenvalue weighted by Gasteiger charge is 2.37. The van der Waals surface area contributed by atoms with Gasteiger partial charge in [-0.05, 0) is 61.8 Å². The Morgan fingerprint density at radius 1 is 0.980 bits per heavy atom. The van der Waals surface area contributed by atoms with E-state index in [9.17, 15) is 22.8 Å². The Bertz CT molecular complexity index is 1650. The molecule has 0 radical (unpaired) electrons. The third-order valence-electron chi connectivity index (χ3n) is 9.10. The second kappa shape index (κ2) is 15.5. The summed E-state index contributed by atoms with van der Waals surface area (Å²) in [5.74, 6) is -1.32. The zero-order valence-corrected chi connectivity index (χ0v) is 30.3. The van der Waals surface area contributed by atoms with Gasteiger partial charge in [-0.1, -0.05) is 56.6 Å². The normalized spacial score (nSPS) is 16.4. The van der Waals surface area contributed by atoms with Crippen molar-refractivity contribution in [1.29, 1.82) is 0 Å². The lowest BCUT2D eigenvalue weighted by Crippen LogP contribution is -2.44. The van der Waals surface area contributed by atoms with Crippen molar-refractivity contribution in [2.24, 2.45) is 0 Å². The van der Waals surface area contributed by atoms with E-state index in [4.69, 9.17) is 16.3 Å². The Labute approximate surface area is 292 Å². The lowest BCUT2D eigenvalue weighted by Gasteiger charge is -2.35. The highest BCUT2D eigenvalue weighted by molar-refractivity contribution is 6.76. The molecule has 49 heavy (non-hydrogen) atoms. The molecule has 2 heterocycles. The number of hydrogen-bond acceptors (Lipinski definition) is 6. The highest BCUT2D eigenvalue weighted by atomic mass is 35.5. The first-order valence-electron chi connectivity index (χ1n) is 16.9. The van der Waals surface area contributed by atoms with Crippen LogP contribution in [0.1, 0.15) is 58.4 Å². The lowest BCUT2D eigenvalue weighted by molar-refractivity contribution is -0.138. The number of anilines is 2. The van der Waals surface area contributed by atoms with E-state index in [1.165, 1.54) is 6.42 Å². The maximum Gasteiger partial charge on any atom is 0.417 e. The molecule has 8 nitrogen and oxygen atoms in total. The number of amides is 2. The Morgan fingerprint density at radius 2 is 1.69 bits per heavy atom. The molecular formula is C36H45ClF3N5O3Si. The number of benzene rings is 2. The van der Waals surface area contributed by atoms with Crippen molar-refractivity contribution in [1.82, 2.24) is 15.2 Å². The molecule has 1 saturated heterocycles. The molecule has 1 aromatic heterocycles. The lowest BCUT2D eigenvalue weighted by atomic mass is 9.95. The average Bonchev–Trinajstić information content (AvgIpc) is 3.05. The number of hydrogen-bond donors (Lipinski definition) is 2. The standard InChI is InChI=1S/C36H45ClF3N5O3Si/c1-44-14-16-45(17-15-44)32-13-11-24(27-20-25(10-12-30(27)37)34(46)42-26-8-6-5-7-9-26)21-31(32)43-35(47)28-23-41-33(22-29(28)36(38,39)40)48-18-19-49(2,3)4/h10-13,20-23,26H,5-9,14-19H2,1-4H3,(H,42,46)(H,43,47). The van der Waals surface area contributed by atoms with Crippen molar-refractivity contribution >= 4 is 42.9 Å². The minimum Gasteiger partial charge on any atom is -0.478 e. The number of pyridine rings is 1. The molecule has 2 N–H and O–H groups in total. The fourth-order valence-corrected chi connectivity index (χ4v) is 7.05. The number of halogens is 4. The van der Waals surface area contributed by atoms with Crippen molar-refractivity contribution in [2.75, 3.05) is 50.1 Å². The van der Waals surface area contributed by atoms with Gasteiger partial charge >= 0.3 is 6.18 Å². The average molecular weight is 716 g/mol. The number of aromatic nitrogens is 1. The topological polar surface area (TPSA) is 86.8 Å². The maximum atomic E-state index is 14.3. The summed E-state index contributed by atoms with van der Waals surface area (Å²) < 4.78 is 48.5. The number of rotatable bonds is 10. The van der Waals surface area contributed by atoms with E-state index in [1.807, 2.05) is 19.2 Å². The number of likely N-dealkylation sites (N-methyl/N-ethyl adjacent to an activating group) is 1. The molecule has 1 aliphatic carbocycles. The van der Waals surface area contributed by atoms with Crippen LogP contribution in [0.25, 0.3) is 11.1 Å². The molecule has 1 saturated carbocycles. The quantitative estimate of drug-likeness (QED) is 0.206. The number of nitrogens with one attached hydrogen (secondary N) is 2. The SMILES string of the molecule is CN1CCN(c2ccc(-c3cc(C(=O)NC4CCCCC4)ccc3Cl)cc2NC(=O)c2cnc(OCC[Si](C)(C)C)cc2C(F)(F)F)CC1. The van der Waals surface area contributed by atoms with Crippen LogP contribution < -0.4 is 20.3 Å². The molecule has 0 bridgehead atoms. The number of nitrogens with zero attached hydrogens (tertiary/aromatic N) is 3. The Morgan fingerprint density at radius 3 is 2.37 bits per heavy atom. The van der Waals surface area contributed by atoms with Crippen LogP contribution in [0.3, 0.4) is 0 Å². The van der Waals surface area contributed by atoms with E-state index in [-0.39, 0.29) is 24.4 Å². The molecule has 2 aliphatic rings. The highest BCUT2D eigenvalue weighted by Crippen LogP contribution is 2.38. The molecule has 0 atom stereocenters. The van der Waals surface area contributed by atoms with Crippen LogP contribution in [0.15, 0.2) is 48.7 Å². The van der Waals surface area contributed by atoms with Gasteiger partial charge in [-0.3, -0.25) is 9.59 Å². The number of carbonyl (C=O) groups is 2. The van der Waals surface area contributed by atoms with Crippen LogP contribution in [0.4, 0.5) is 24.5 Å². The molecule has 3 aromatic rings. The minimum atomic E-state index is -4.82. The number of piperazine rings is 1. The van der Waals surface area contributed by atoms with Gasteiger partial charge in [0, 0.05) is 68.7 Å². The third kappa shape index (κ3) is 9.76. The first-order valence-corrected chi connectivity index (χ1v) is 21.0. The van der Waals surface area contributed by atoms with Gasteiger partial charge in [-0.25, -0.2) is 4.98 Å². The van der Waals surface area contributed by atoms with E-state index in [0.29, 0.717) is 46.2 Å². The Hall–Kier alpha value is -3.61. The van der Waals surface area contributed by atoms with Crippen LogP contribution in [-0.2, 0) is 6.18 Å². The number of ether oxygens (including phenoxy) is 1.